The molecule has 102 valence electrons. The van der Waals surface area contributed by atoms with Crippen molar-refractivity contribution in [1.29, 1.82) is 0 Å². The fourth-order valence-corrected chi connectivity index (χ4v) is 3.21. The van der Waals surface area contributed by atoms with Crippen molar-refractivity contribution >= 4 is 0 Å². The van der Waals surface area contributed by atoms with Gasteiger partial charge in [-0.1, -0.05) is 13.3 Å². The summed E-state index contributed by atoms with van der Waals surface area (Å²) in [4.78, 5) is 0. The van der Waals surface area contributed by atoms with Crippen molar-refractivity contribution in [2.45, 2.75) is 66.0 Å². The number of nitrogens with zero attached hydrogens (tertiary/aromatic N) is 2. The Labute approximate surface area is 111 Å². The van der Waals surface area contributed by atoms with Crippen LogP contribution in [0.5, 0.6) is 0 Å². The first-order valence-corrected chi connectivity index (χ1v) is 7.37. The van der Waals surface area contributed by atoms with Gasteiger partial charge in [0.2, 0.25) is 0 Å². The number of hydrogen-bond acceptors (Lipinski definition) is 2. The maximum atomic E-state index is 4.64. The smallest absolute Gasteiger partial charge is 0.0625 e. The second kappa shape index (κ2) is 5.87. The van der Waals surface area contributed by atoms with Crippen molar-refractivity contribution in [3.8, 4) is 0 Å². The first-order valence-electron chi connectivity index (χ1n) is 7.37. The van der Waals surface area contributed by atoms with Crippen molar-refractivity contribution in [2.24, 2.45) is 5.92 Å². The molecule has 1 saturated carbocycles. The van der Waals surface area contributed by atoms with E-state index in [0.29, 0.717) is 0 Å². The Balaban J connectivity index is 1.92. The zero-order chi connectivity index (χ0) is 13.1. The van der Waals surface area contributed by atoms with Crippen molar-refractivity contribution in [1.82, 2.24) is 15.1 Å². The lowest BCUT2D eigenvalue weighted by molar-refractivity contribution is 0.357. The van der Waals surface area contributed by atoms with Crippen LogP contribution in [-0.4, -0.2) is 22.4 Å². The Morgan fingerprint density at radius 1 is 1.28 bits per heavy atom. The molecular formula is C15H27N3. The Kier molecular flexibility index (Phi) is 4.44. The van der Waals surface area contributed by atoms with E-state index in [1.165, 1.54) is 42.6 Å². The zero-order valence-electron chi connectivity index (χ0n) is 12.3. The third-order valence-electron chi connectivity index (χ3n) is 4.58. The predicted molar refractivity (Wildman–Crippen MR) is 75.9 cm³/mol. The molecule has 0 spiro atoms. The van der Waals surface area contributed by atoms with Crippen LogP contribution in [0.2, 0.25) is 0 Å². The molecule has 2 unspecified atom stereocenters. The summed E-state index contributed by atoms with van der Waals surface area (Å²) in [5.41, 5.74) is 3.87. The van der Waals surface area contributed by atoms with Crippen LogP contribution in [-0.2, 0) is 6.54 Å². The SMILES string of the molecule is CCNC1CCCC1CCn1nc(C)c(C)c1C. The van der Waals surface area contributed by atoms with E-state index in [1.807, 2.05) is 0 Å². The molecule has 1 heterocycles. The maximum Gasteiger partial charge on any atom is 0.0625 e. The third kappa shape index (κ3) is 2.77. The first-order chi connectivity index (χ1) is 8.63. The standard InChI is InChI=1S/C15H27N3/c1-5-16-15-8-6-7-14(15)9-10-18-13(4)11(2)12(3)17-18/h14-16H,5-10H2,1-4H3. The molecule has 3 nitrogen and oxygen atoms in total. The van der Waals surface area contributed by atoms with E-state index in [1.54, 1.807) is 0 Å². The number of rotatable bonds is 5. The molecule has 1 fully saturated rings. The van der Waals surface area contributed by atoms with Gasteiger partial charge in [-0.2, -0.15) is 5.10 Å². The van der Waals surface area contributed by atoms with Crippen LogP contribution in [0.3, 0.4) is 0 Å². The fourth-order valence-electron chi connectivity index (χ4n) is 3.21. The van der Waals surface area contributed by atoms with Gasteiger partial charge in [0.1, 0.15) is 0 Å². The third-order valence-corrected chi connectivity index (χ3v) is 4.58. The summed E-state index contributed by atoms with van der Waals surface area (Å²) >= 11 is 0. The van der Waals surface area contributed by atoms with E-state index >= 15 is 0 Å². The molecule has 1 aromatic heterocycles. The predicted octanol–water partition coefficient (Wildman–Crippen LogP) is 2.98. The van der Waals surface area contributed by atoms with Crippen LogP contribution < -0.4 is 5.32 Å². The van der Waals surface area contributed by atoms with E-state index in [2.05, 4.69) is 42.8 Å². The highest BCUT2D eigenvalue weighted by Crippen LogP contribution is 2.29. The molecule has 2 rings (SSSR count). The average Bonchev–Trinajstić information content (AvgIpc) is 2.88. The Morgan fingerprint density at radius 2 is 2.06 bits per heavy atom. The number of aromatic nitrogens is 2. The number of nitrogens with one attached hydrogen (secondary N) is 1. The summed E-state index contributed by atoms with van der Waals surface area (Å²) < 4.78 is 2.20. The molecule has 1 aliphatic rings. The Morgan fingerprint density at radius 3 is 2.67 bits per heavy atom. The van der Waals surface area contributed by atoms with Crippen LogP contribution in [0.15, 0.2) is 0 Å². The van der Waals surface area contributed by atoms with E-state index < -0.39 is 0 Å². The van der Waals surface area contributed by atoms with Crippen LogP contribution in [0.4, 0.5) is 0 Å². The van der Waals surface area contributed by atoms with Crippen LogP contribution >= 0.6 is 0 Å². The highest BCUT2D eigenvalue weighted by Gasteiger charge is 2.26. The first kappa shape index (κ1) is 13.6. The lowest BCUT2D eigenvalue weighted by Crippen LogP contribution is -2.32. The number of hydrogen-bond donors (Lipinski definition) is 1. The van der Waals surface area contributed by atoms with E-state index in [9.17, 15) is 0 Å². The number of aryl methyl sites for hydroxylation is 2. The van der Waals surface area contributed by atoms with Gasteiger partial charge in [0.15, 0.2) is 0 Å². The van der Waals surface area contributed by atoms with Crippen LogP contribution in [0.1, 0.15) is 49.6 Å². The topological polar surface area (TPSA) is 29.9 Å². The summed E-state index contributed by atoms with van der Waals surface area (Å²) in [6.45, 7) is 10.8. The quantitative estimate of drug-likeness (QED) is 0.869. The molecule has 0 aliphatic heterocycles. The van der Waals surface area contributed by atoms with Crippen molar-refractivity contribution in [3.05, 3.63) is 17.0 Å². The summed E-state index contributed by atoms with van der Waals surface area (Å²) in [6, 6.07) is 0.744. The lowest BCUT2D eigenvalue weighted by atomic mass is 9.99. The van der Waals surface area contributed by atoms with Crippen LogP contribution in [0, 0.1) is 26.7 Å². The highest BCUT2D eigenvalue weighted by molar-refractivity contribution is 5.22. The van der Waals surface area contributed by atoms with Gasteiger partial charge in [-0.3, -0.25) is 4.68 Å². The van der Waals surface area contributed by atoms with Gasteiger partial charge in [0.25, 0.3) is 0 Å². The molecule has 0 aromatic carbocycles. The van der Waals surface area contributed by atoms with E-state index in [4.69, 9.17) is 0 Å². The largest absolute Gasteiger partial charge is 0.314 e. The normalized spacial score (nSPS) is 23.8. The minimum atomic E-state index is 0.744. The molecule has 1 aromatic rings. The van der Waals surface area contributed by atoms with E-state index in [0.717, 1.165) is 25.0 Å². The van der Waals surface area contributed by atoms with Crippen molar-refractivity contribution < 1.29 is 0 Å². The zero-order valence-corrected chi connectivity index (χ0v) is 12.3. The van der Waals surface area contributed by atoms with Gasteiger partial charge >= 0.3 is 0 Å². The summed E-state index contributed by atoms with van der Waals surface area (Å²) in [5, 5.41) is 8.27. The minimum absolute atomic E-state index is 0.744. The molecular weight excluding hydrogens is 222 g/mol. The summed E-state index contributed by atoms with van der Waals surface area (Å²) in [6.07, 6.45) is 5.39. The average molecular weight is 249 g/mol. The second-order valence-corrected chi connectivity index (χ2v) is 5.66. The van der Waals surface area contributed by atoms with Gasteiger partial charge in [0.05, 0.1) is 5.69 Å². The molecule has 0 bridgehead atoms. The molecule has 3 heteroatoms. The monoisotopic (exact) mass is 249 g/mol. The molecule has 2 atom stereocenters. The van der Waals surface area contributed by atoms with Gasteiger partial charge < -0.3 is 5.32 Å². The molecule has 0 radical (unpaired) electrons. The minimum Gasteiger partial charge on any atom is -0.314 e. The van der Waals surface area contributed by atoms with Crippen molar-refractivity contribution in [3.63, 3.8) is 0 Å². The summed E-state index contributed by atoms with van der Waals surface area (Å²) in [7, 11) is 0. The van der Waals surface area contributed by atoms with Gasteiger partial charge in [0, 0.05) is 18.3 Å². The molecule has 1 aliphatic carbocycles. The fraction of sp³-hybridized carbons (Fsp3) is 0.800. The summed E-state index contributed by atoms with van der Waals surface area (Å²) in [5.74, 6) is 0.842. The lowest BCUT2D eigenvalue weighted by Gasteiger charge is -2.20. The molecule has 1 N–H and O–H groups in total. The van der Waals surface area contributed by atoms with E-state index in [-0.39, 0.29) is 0 Å². The van der Waals surface area contributed by atoms with Gasteiger partial charge in [-0.25, -0.2) is 0 Å². The molecule has 18 heavy (non-hydrogen) atoms. The highest BCUT2D eigenvalue weighted by atomic mass is 15.3. The molecule has 0 amide bonds. The Hall–Kier alpha value is -0.830. The van der Waals surface area contributed by atoms with Crippen LogP contribution in [0.25, 0.3) is 0 Å². The van der Waals surface area contributed by atoms with Gasteiger partial charge in [-0.05, 0) is 58.1 Å². The second-order valence-electron chi connectivity index (χ2n) is 5.66. The van der Waals surface area contributed by atoms with Gasteiger partial charge in [-0.15, -0.1) is 0 Å². The Bertz CT molecular complexity index is 395. The van der Waals surface area contributed by atoms with Crippen molar-refractivity contribution in [2.75, 3.05) is 6.54 Å². The maximum absolute atomic E-state index is 4.64. The molecule has 0 saturated heterocycles.